The third-order valence-electron chi connectivity index (χ3n) is 4.60. The summed E-state index contributed by atoms with van der Waals surface area (Å²) in [4.78, 5) is 0. The Hall–Kier alpha value is -3.20. The molecule has 4 rings (SSSR count). The molecule has 0 bridgehead atoms. The number of hydrogen-bond donors (Lipinski definition) is 0. The molecule has 128 valence electrons. The molecule has 0 saturated carbocycles. The van der Waals surface area contributed by atoms with Gasteiger partial charge < -0.3 is 0 Å². The molecular weight excluding hydrogens is 323 g/mol. The second-order valence-corrected chi connectivity index (χ2v) is 6.46. The van der Waals surface area contributed by atoms with E-state index in [9.17, 15) is 4.39 Å². The first-order valence-electron chi connectivity index (χ1n) is 8.58. The first kappa shape index (κ1) is 16.3. The zero-order chi connectivity index (χ0) is 18.1. The zero-order valence-electron chi connectivity index (χ0n) is 14.8. The van der Waals surface area contributed by atoms with Crippen molar-refractivity contribution < 1.29 is 4.39 Å². The van der Waals surface area contributed by atoms with E-state index in [-0.39, 0.29) is 5.82 Å². The standard InChI is InChI=1S/C23H19FN2/c1-16-7-9-17(10-8-16)18-11-13-19(14-12-18)23-15-22(25-26(23)2)20-5-3-4-6-21(20)24/h3-15H,1-2H3. The van der Waals surface area contributed by atoms with Gasteiger partial charge in [0.25, 0.3) is 0 Å². The molecule has 0 aliphatic carbocycles. The van der Waals surface area contributed by atoms with Crippen LogP contribution in [0.3, 0.4) is 0 Å². The quantitative estimate of drug-likeness (QED) is 0.455. The predicted octanol–water partition coefficient (Wildman–Crippen LogP) is 5.87. The Morgan fingerprint density at radius 3 is 2.00 bits per heavy atom. The van der Waals surface area contributed by atoms with Gasteiger partial charge >= 0.3 is 0 Å². The molecule has 0 amide bonds. The highest BCUT2D eigenvalue weighted by Gasteiger charge is 2.12. The van der Waals surface area contributed by atoms with E-state index in [1.165, 1.54) is 22.8 Å². The fourth-order valence-electron chi connectivity index (χ4n) is 3.12. The van der Waals surface area contributed by atoms with Crippen LogP contribution in [0.1, 0.15) is 5.56 Å². The molecule has 1 aromatic heterocycles. The molecule has 1 heterocycles. The maximum Gasteiger partial charge on any atom is 0.132 e. The lowest BCUT2D eigenvalue weighted by atomic mass is 10.0. The zero-order valence-corrected chi connectivity index (χ0v) is 14.8. The highest BCUT2D eigenvalue weighted by Crippen LogP contribution is 2.29. The Bertz CT molecular complexity index is 1040. The van der Waals surface area contributed by atoms with Crippen LogP contribution in [0, 0.1) is 12.7 Å². The van der Waals surface area contributed by atoms with Crippen LogP contribution in [0.4, 0.5) is 4.39 Å². The Morgan fingerprint density at radius 2 is 1.35 bits per heavy atom. The number of rotatable bonds is 3. The second-order valence-electron chi connectivity index (χ2n) is 6.46. The predicted molar refractivity (Wildman–Crippen MR) is 104 cm³/mol. The molecule has 26 heavy (non-hydrogen) atoms. The summed E-state index contributed by atoms with van der Waals surface area (Å²) in [6.07, 6.45) is 0. The molecule has 0 N–H and O–H groups in total. The lowest BCUT2D eigenvalue weighted by Gasteiger charge is -2.05. The van der Waals surface area contributed by atoms with Crippen molar-refractivity contribution in [1.82, 2.24) is 9.78 Å². The van der Waals surface area contributed by atoms with E-state index in [1.54, 1.807) is 16.8 Å². The Kier molecular flexibility index (Phi) is 4.13. The molecule has 0 spiro atoms. The van der Waals surface area contributed by atoms with Gasteiger partial charge in [-0.1, -0.05) is 66.2 Å². The molecule has 2 nitrogen and oxygen atoms in total. The largest absolute Gasteiger partial charge is 0.267 e. The maximum atomic E-state index is 14.0. The van der Waals surface area contributed by atoms with Crippen LogP contribution in [-0.2, 0) is 7.05 Å². The van der Waals surface area contributed by atoms with Crippen molar-refractivity contribution in [2.24, 2.45) is 7.05 Å². The van der Waals surface area contributed by atoms with Crippen LogP contribution < -0.4 is 0 Å². The molecular formula is C23H19FN2. The van der Waals surface area contributed by atoms with Gasteiger partial charge in [-0.05, 0) is 41.8 Å². The van der Waals surface area contributed by atoms with Crippen molar-refractivity contribution in [3.63, 3.8) is 0 Å². The summed E-state index contributed by atoms with van der Waals surface area (Å²) in [7, 11) is 1.88. The van der Waals surface area contributed by atoms with Gasteiger partial charge in [0.1, 0.15) is 5.82 Å². The minimum atomic E-state index is -0.258. The highest BCUT2D eigenvalue weighted by molar-refractivity contribution is 5.72. The average Bonchev–Trinajstić information content (AvgIpc) is 3.04. The van der Waals surface area contributed by atoms with E-state index < -0.39 is 0 Å². The van der Waals surface area contributed by atoms with Gasteiger partial charge in [0.2, 0.25) is 0 Å². The van der Waals surface area contributed by atoms with E-state index in [4.69, 9.17) is 0 Å². The van der Waals surface area contributed by atoms with Gasteiger partial charge in [-0.25, -0.2) is 4.39 Å². The minimum absolute atomic E-state index is 0.258. The van der Waals surface area contributed by atoms with Crippen LogP contribution in [0.15, 0.2) is 78.9 Å². The van der Waals surface area contributed by atoms with Crippen molar-refractivity contribution >= 4 is 0 Å². The minimum Gasteiger partial charge on any atom is -0.267 e. The molecule has 0 aliphatic rings. The molecule has 0 unspecified atom stereocenters. The summed E-state index contributed by atoms with van der Waals surface area (Å²) in [5.74, 6) is -0.258. The van der Waals surface area contributed by atoms with Crippen molar-refractivity contribution in [2.75, 3.05) is 0 Å². The number of halogens is 1. The van der Waals surface area contributed by atoms with E-state index in [2.05, 4.69) is 60.6 Å². The number of hydrogen-bond acceptors (Lipinski definition) is 1. The smallest absolute Gasteiger partial charge is 0.132 e. The van der Waals surface area contributed by atoms with Crippen LogP contribution in [0.25, 0.3) is 33.6 Å². The van der Waals surface area contributed by atoms with Crippen molar-refractivity contribution in [1.29, 1.82) is 0 Å². The summed E-state index contributed by atoms with van der Waals surface area (Å²) in [6, 6.07) is 25.5. The van der Waals surface area contributed by atoms with Crippen LogP contribution >= 0.6 is 0 Å². The number of nitrogens with zero attached hydrogens (tertiary/aromatic N) is 2. The van der Waals surface area contributed by atoms with E-state index >= 15 is 0 Å². The fourth-order valence-corrected chi connectivity index (χ4v) is 3.12. The molecule has 0 saturated heterocycles. The van der Waals surface area contributed by atoms with Gasteiger partial charge in [-0.3, -0.25) is 4.68 Å². The van der Waals surface area contributed by atoms with Gasteiger partial charge in [-0.15, -0.1) is 0 Å². The molecule has 0 fully saturated rings. The molecule has 3 aromatic carbocycles. The number of aryl methyl sites for hydroxylation is 2. The number of benzene rings is 3. The molecule has 0 aliphatic heterocycles. The van der Waals surface area contributed by atoms with Gasteiger partial charge in [0, 0.05) is 12.6 Å². The summed E-state index contributed by atoms with van der Waals surface area (Å²) in [6.45, 7) is 2.09. The molecule has 3 heteroatoms. The lowest BCUT2D eigenvalue weighted by Crippen LogP contribution is -1.94. The summed E-state index contributed by atoms with van der Waals surface area (Å²) < 4.78 is 15.8. The lowest BCUT2D eigenvalue weighted by molar-refractivity contribution is 0.630. The van der Waals surface area contributed by atoms with E-state index in [0.717, 1.165) is 11.3 Å². The summed E-state index contributed by atoms with van der Waals surface area (Å²) >= 11 is 0. The van der Waals surface area contributed by atoms with Crippen molar-refractivity contribution in [2.45, 2.75) is 6.92 Å². The van der Waals surface area contributed by atoms with E-state index in [0.29, 0.717) is 11.3 Å². The topological polar surface area (TPSA) is 17.8 Å². The summed E-state index contributed by atoms with van der Waals surface area (Å²) in [5.41, 5.74) is 6.79. The van der Waals surface area contributed by atoms with Crippen molar-refractivity contribution in [3.05, 3.63) is 90.2 Å². The first-order valence-corrected chi connectivity index (χ1v) is 8.58. The third kappa shape index (κ3) is 3.04. The van der Waals surface area contributed by atoms with Gasteiger partial charge in [-0.2, -0.15) is 5.10 Å². The molecule has 0 radical (unpaired) electrons. The molecule has 0 atom stereocenters. The van der Waals surface area contributed by atoms with Crippen molar-refractivity contribution in [3.8, 4) is 33.6 Å². The third-order valence-corrected chi connectivity index (χ3v) is 4.60. The Morgan fingerprint density at radius 1 is 0.769 bits per heavy atom. The monoisotopic (exact) mass is 342 g/mol. The van der Waals surface area contributed by atoms with Crippen LogP contribution in [0.2, 0.25) is 0 Å². The Balaban J connectivity index is 1.68. The maximum absolute atomic E-state index is 14.0. The van der Waals surface area contributed by atoms with Crippen LogP contribution in [-0.4, -0.2) is 9.78 Å². The average molecular weight is 342 g/mol. The van der Waals surface area contributed by atoms with E-state index in [1.807, 2.05) is 19.2 Å². The Labute approximate surface area is 152 Å². The SMILES string of the molecule is Cc1ccc(-c2ccc(-c3cc(-c4ccccc4F)nn3C)cc2)cc1. The number of aromatic nitrogens is 2. The molecule has 4 aromatic rings. The van der Waals surface area contributed by atoms with Gasteiger partial charge in [0.15, 0.2) is 0 Å². The normalized spacial score (nSPS) is 10.9. The summed E-state index contributed by atoms with van der Waals surface area (Å²) in [5, 5.41) is 4.49. The highest BCUT2D eigenvalue weighted by atomic mass is 19.1. The van der Waals surface area contributed by atoms with Crippen LogP contribution in [0.5, 0.6) is 0 Å². The fraction of sp³-hybridized carbons (Fsp3) is 0.0870. The second kappa shape index (κ2) is 6.60. The first-order chi connectivity index (χ1) is 12.6. The van der Waals surface area contributed by atoms with Gasteiger partial charge in [0.05, 0.1) is 11.4 Å².